The summed E-state index contributed by atoms with van der Waals surface area (Å²) in [5, 5.41) is 14.0. The van der Waals surface area contributed by atoms with Crippen molar-refractivity contribution in [1.82, 2.24) is 5.32 Å². The van der Waals surface area contributed by atoms with Gasteiger partial charge in [0, 0.05) is 12.7 Å². The van der Waals surface area contributed by atoms with E-state index in [-0.39, 0.29) is 15.4 Å². The lowest BCUT2D eigenvalue weighted by Crippen LogP contribution is -2.65. The van der Waals surface area contributed by atoms with Crippen LogP contribution in [0.4, 0.5) is 0 Å². The molecule has 1 saturated heterocycles. The first-order chi connectivity index (χ1) is 19.4. The number of aliphatic hydroxyl groups excluding tert-OH is 1. The average molecular weight is 606 g/mol. The first-order valence-electron chi connectivity index (χ1n) is 12.6. The molecule has 2 N–H and O–H groups in total. The van der Waals surface area contributed by atoms with E-state index in [0.717, 1.165) is 11.1 Å². The average Bonchev–Trinajstić information content (AvgIpc) is 2.95. The van der Waals surface area contributed by atoms with E-state index in [4.69, 9.17) is 17.8 Å². The Hall–Kier alpha value is -3.17. The number of aliphatic hydroxyl groups is 1. The zero-order valence-corrected chi connectivity index (χ0v) is 24.2. The van der Waals surface area contributed by atoms with Gasteiger partial charge in [-0.1, -0.05) is 53.6 Å². The molecule has 3 aromatic carbocycles. The van der Waals surface area contributed by atoms with E-state index in [9.17, 15) is 26.7 Å². The Morgan fingerprint density at radius 3 is 1.93 bits per heavy atom. The van der Waals surface area contributed by atoms with E-state index in [1.165, 1.54) is 31.4 Å². The van der Waals surface area contributed by atoms with Crippen molar-refractivity contribution in [2.45, 2.75) is 54.3 Å². The third kappa shape index (κ3) is 7.38. The van der Waals surface area contributed by atoms with Gasteiger partial charge in [0.05, 0.1) is 16.4 Å². The Morgan fingerprint density at radius 2 is 1.39 bits per heavy atom. The molecule has 1 aliphatic rings. The summed E-state index contributed by atoms with van der Waals surface area (Å²) in [7, 11) is -7.51. The van der Waals surface area contributed by atoms with Crippen molar-refractivity contribution in [2.24, 2.45) is 0 Å². The fraction of sp³-hybridized carbons (Fsp3) is 0.321. The van der Waals surface area contributed by atoms with Crippen molar-refractivity contribution in [3.8, 4) is 0 Å². The van der Waals surface area contributed by atoms with Crippen LogP contribution in [0.2, 0.25) is 0 Å². The fourth-order valence-corrected chi connectivity index (χ4v) is 6.22. The van der Waals surface area contributed by atoms with Gasteiger partial charge in [-0.05, 0) is 50.2 Å². The fourth-order valence-electron chi connectivity index (χ4n) is 4.19. The van der Waals surface area contributed by atoms with Crippen LogP contribution < -0.4 is 5.32 Å². The molecule has 1 heterocycles. The number of ether oxygens (including phenoxy) is 2. The molecule has 0 radical (unpaired) electrons. The number of hydrogen-bond donors (Lipinski definition) is 2. The van der Waals surface area contributed by atoms with Gasteiger partial charge >= 0.3 is 0 Å². The predicted octanol–water partition coefficient (Wildman–Crippen LogP) is 2.31. The highest BCUT2D eigenvalue weighted by atomic mass is 32.2. The van der Waals surface area contributed by atoms with Gasteiger partial charge in [-0.25, -0.2) is 0 Å². The van der Waals surface area contributed by atoms with E-state index < -0.39 is 63.4 Å². The first kappa shape index (κ1) is 30.8. The number of methoxy groups -OCH3 is 1. The third-order valence-corrected chi connectivity index (χ3v) is 9.10. The summed E-state index contributed by atoms with van der Waals surface area (Å²) in [5.41, 5.74) is 1.92. The lowest BCUT2D eigenvalue weighted by Gasteiger charge is -2.43. The van der Waals surface area contributed by atoms with Gasteiger partial charge in [0.15, 0.2) is 6.29 Å². The normalized spacial score (nSPS) is 23.2. The smallest absolute Gasteiger partial charge is 0.297 e. The second-order valence-electron chi connectivity index (χ2n) is 9.51. The van der Waals surface area contributed by atoms with Crippen molar-refractivity contribution in [2.75, 3.05) is 13.7 Å². The summed E-state index contributed by atoms with van der Waals surface area (Å²) < 4.78 is 73.9. The second kappa shape index (κ2) is 12.8. The van der Waals surface area contributed by atoms with E-state index >= 15 is 0 Å². The van der Waals surface area contributed by atoms with Crippen LogP contribution >= 0.6 is 0 Å². The van der Waals surface area contributed by atoms with Crippen LogP contribution in [0.15, 0.2) is 88.7 Å². The topological polar surface area (TPSA) is 155 Å². The van der Waals surface area contributed by atoms with Crippen LogP contribution in [0.1, 0.15) is 21.5 Å². The van der Waals surface area contributed by atoms with Gasteiger partial charge < -0.3 is 19.9 Å². The summed E-state index contributed by atoms with van der Waals surface area (Å²) in [6, 6.07) is 18.6. The zero-order chi connectivity index (χ0) is 29.8. The maximum atomic E-state index is 13.2. The summed E-state index contributed by atoms with van der Waals surface area (Å²) in [6.07, 6.45) is -6.17. The van der Waals surface area contributed by atoms with Crippen LogP contribution in [-0.2, 0) is 38.1 Å². The Bertz CT molecular complexity index is 1540. The Morgan fingerprint density at radius 1 is 0.854 bits per heavy atom. The molecule has 0 aromatic heterocycles. The van der Waals surface area contributed by atoms with Gasteiger partial charge in [0.25, 0.3) is 26.1 Å². The lowest BCUT2D eigenvalue weighted by molar-refractivity contribution is -0.254. The summed E-state index contributed by atoms with van der Waals surface area (Å²) >= 11 is 0. The maximum Gasteiger partial charge on any atom is 0.297 e. The maximum absolute atomic E-state index is 13.2. The molecule has 5 atom stereocenters. The number of amides is 1. The van der Waals surface area contributed by atoms with Crippen LogP contribution in [-0.4, -0.2) is 72.2 Å². The molecular formula is C28H31NO10S2. The molecule has 41 heavy (non-hydrogen) atoms. The first-order valence-corrected chi connectivity index (χ1v) is 15.4. The van der Waals surface area contributed by atoms with Gasteiger partial charge in [-0.3, -0.25) is 13.2 Å². The molecular weight excluding hydrogens is 574 g/mol. The van der Waals surface area contributed by atoms with Crippen molar-refractivity contribution < 1.29 is 44.6 Å². The molecule has 11 nitrogen and oxygen atoms in total. The number of benzene rings is 3. The molecule has 1 amide bonds. The van der Waals surface area contributed by atoms with Crippen molar-refractivity contribution in [3.63, 3.8) is 0 Å². The minimum absolute atomic E-state index is 0.125. The molecule has 0 unspecified atom stereocenters. The molecule has 220 valence electrons. The molecule has 0 aliphatic carbocycles. The quantitative estimate of drug-likeness (QED) is 0.329. The molecule has 1 aliphatic heterocycles. The minimum Gasteiger partial charge on any atom is -0.388 e. The Kier molecular flexibility index (Phi) is 9.59. The number of hydrogen-bond acceptors (Lipinski definition) is 10. The molecule has 4 rings (SSSR count). The van der Waals surface area contributed by atoms with Crippen LogP contribution in [0.25, 0.3) is 0 Å². The van der Waals surface area contributed by atoms with Crippen molar-refractivity contribution in [3.05, 3.63) is 95.6 Å². The minimum atomic E-state index is -4.48. The Balaban J connectivity index is 1.63. The molecule has 1 fully saturated rings. The lowest BCUT2D eigenvalue weighted by atomic mass is 9.96. The monoisotopic (exact) mass is 605 g/mol. The van der Waals surface area contributed by atoms with Gasteiger partial charge in [-0.15, -0.1) is 0 Å². The number of nitrogens with one attached hydrogen (secondary N) is 1. The Labute approximate surface area is 239 Å². The summed E-state index contributed by atoms with van der Waals surface area (Å²) in [4.78, 5) is 12.6. The van der Waals surface area contributed by atoms with E-state index in [0.29, 0.717) is 0 Å². The number of aryl methyl sites for hydroxylation is 2. The van der Waals surface area contributed by atoms with Crippen LogP contribution in [0, 0.1) is 13.8 Å². The number of rotatable bonds is 10. The number of carbonyl (C=O) groups is 1. The molecule has 0 spiro atoms. The SMILES string of the molecule is CO[C@H]1O[C@H](COS(=O)(=O)c2ccc(C)cc2)[C@@H](OS(=O)(=O)c2ccc(C)cc2)[C@H](O)[C@H]1NC(=O)c1ccccc1. The second-order valence-corrected chi connectivity index (χ2v) is 12.7. The molecule has 0 bridgehead atoms. The molecule has 0 saturated carbocycles. The largest absolute Gasteiger partial charge is 0.388 e. The molecule has 3 aromatic rings. The highest BCUT2D eigenvalue weighted by Gasteiger charge is 2.49. The van der Waals surface area contributed by atoms with Crippen LogP contribution in [0.5, 0.6) is 0 Å². The van der Waals surface area contributed by atoms with Gasteiger partial charge in [0.2, 0.25) is 0 Å². The van der Waals surface area contributed by atoms with E-state index in [2.05, 4.69) is 5.32 Å². The number of carbonyl (C=O) groups excluding carboxylic acids is 1. The van der Waals surface area contributed by atoms with Gasteiger partial charge in [0.1, 0.15) is 24.4 Å². The van der Waals surface area contributed by atoms with E-state index in [1.807, 2.05) is 0 Å². The predicted molar refractivity (Wildman–Crippen MR) is 147 cm³/mol. The summed E-state index contributed by atoms with van der Waals surface area (Å²) in [5.74, 6) is -0.586. The standard InChI is InChI=1S/C28H31NO10S2/c1-18-9-13-21(14-10-18)40(32,33)37-17-23-26(39-41(34,35)22-15-11-19(2)12-16-22)25(30)24(28(36-3)38-23)29-27(31)20-7-5-4-6-8-20/h4-16,23-26,28,30H,17H2,1-3H3,(H,29,31)/t23-,24-,25-,26-,28+/m1/s1. The van der Waals surface area contributed by atoms with E-state index in [1.54, 1.807) is 68.4 Å². The highest BCUT2D eigenvalue weighted by molar-refractivity contribution is 7.87. The van der Waals surface area contributed by atoms with Gasteiger partial charge in [-0.2, -0.15) is 16.8 Å². The van der Waals surface area contributed by atoms with Crippen molar-refractivity contribution in [1.29, 1.82) is 0 Å². The third-order valence-electron chi connectivity index (χ3n) is 6.48. The van der Waals surface area contributed by atoms with Crippen molar-refractivity contribution >= 4 is 26.1 Å². The van der Waals surface area contributed by atoms with Crippen LogP contribution in [0.3, 0.4) is 0 Å². The highest BCUT2D eigenvalue weighted by Crippen LogP contribution is 2.29. The zero-order valence-electron chi connectivity index (χ0n) is 22.5. The molecule has 13 heteroatoms. The summed E-state index contributed by atoms with van der Waals surface area (Å²) in [6.45, 7) is 2.85.